The maximum Gasteiger partial charge on any atom is 0.152 e. The third-order valence-electron chi connectivity index (χ3n) is 6.31. The van der Waals surface area contributed by atoms with Crippen molar-refractivity contribution in [3.63, 3.8) is 0 Å². The zero-order valence-corrected chi connectivity index (χ0v) is 27.5. The van der Waals surface area contributed by atoms with Crippen LogP contribution < -0.4 is 0 Å². The molecule has 4 rings (SSSR count). The average molecular weight is 750 g/mol. The number of sulfone groups is 1. The van der Waals surface area contributed by atoms with Crippen LogP contribution in [0.15, 0.2) is 116 Å². The van der Waals surface area contributed by atoms with Crippen molar-refractivity contribution >= 4 is 100 Å². The van der Waals surface area contributed by atoms with Crippen molar-refractivity contribution in [2.45, 2.75) is 9.75 Å². The molecule has 0 N–H and O–H groups in total. The average Bonchev–Trinajstić information content (AvgIpc) is 2.87. The van der Waals surface area contributed by atoms with E-state index in [1.54, 1.807) is 36.5 Å². The quantitative estimate of drug-likeness (QED) is 0.199. The molecule has 2 aliphatic rings. The molecule has 39 heavy (non-hydrogen) atoms. The number of halogens is 6. The molecule has 0 aliphatic heterocycles. The minimum atomic E-state index is -3.53. The first-order chi connectivity index (χ1) is 18.4. The van der Waals surface area contributed by atoms with Crippen molar-refractivity contribution in [2.75, 3.05) is 11.5 Å². The molecule has 9 heteroatoms. The van der Waals surface area contributed by atoms with Crippen LogP contribution in [0, 0.1) is 11.8 Å². The lowest BCUT2D eigenvalue weighted by Crippen LogP contribution is -2.27. The van der Waals surface area contributed by atoms with Gasteiger partial charge in [0.2, 0.25) is 0 Å². The summed E-state index contributed by atoms with van der Waals surface area (Å²) in [5, 5.41) is 0.760. The van der Waals surface area contributed by atoms with Crippen molar-refractivity contribution < 1.29 is 8.42 Å². The lowest BCUT2D eigenvalue weighted by atomic mass is 9.95. The molecule has 0 saturated heterocycles. The maximum atomic E-state index is 13.1. The Bertz CT molecular complexity index is 1420. The van der Waals surface area contributed by atoms with Crippen LogP contribution in [0.25, 0.3) is 12.2 Å². The molecule has 2 aromatic rings. The van der Waals surface area contributed by atoms with E-state index >= 15 is 0 Å². The molecule has 0 heterocycles. The molecule has 2 nitrogen and oxygen atoms in total. The Morgan fingerprint density at radius 2 is 1.10 bits per heavy atom. The molecule has 2 aliphatic carbocycles. The molecule has 0 amide bonds. The summed E-state index contributed by atoms with van der Waals surface area (Å²) in [7, 11) is -3.53. The van der Waals surface area contributed by atoms with E-state index in [-0.39, 0.29) is 11.5 Å². The van der Waals surface area contributed by atoms with Crippen LogP contribution in [-0.2, 0) is 9.84 Å². The van der Waals surface area contributed by atoms with Crippen molar-refractivity contribution in [2.24, 2.45) is 11.8 Å². The molecule has 0 saturated carbocycles. The lowest BCUT2D eigenvalue weighted by Gasteiger charge is -2.26. The fourth-order valence-electron chi connectivity index (χ4n) is 4.19. The van der Waals surface area contributed by atoms with Crippen molar-refractivity contribution in [3.05, 3.63) is 127 Å². The normalized spacial score (nSPS) is 27.2. The predicted octanol–water partition coefficient (Wildman–Crippen LogP) is 9.93. The van der Waals surface area contributed by atoms with Crippen LogP contribution in [0.2, 0.25) is 0 Å². The van der Waals surface area contributed by atoms with Gasteiger partial charge < -0.3 is 0 Å². The van der Waals surface area contributed by atoms with Crippen LogP contribution in [-0.4, -0.2) is 29.7 Å². The van der Waals surface area contributed by atoms with Gasteiger partial charge in [-0.05, 0) is 35.4 Å². The van der Waals surface area contributed by atoms with Crippen molar-refractivity contribution in [1.29, 1.82) is 0 Å². The van der Waals surface area contributed by atoms with Gasteiger partial charge in [0.1, 0.15) is 9.75 Å². The lowest BCUT2D eigenvalue weighted by molar-refractivity contribution is 0.585. The van der Waals surface area contributed by atoms with Crippen molar-refractivity contribution in [3.8, 4) is 0 Å². The van der Waals surface area contributed by atoms with E-state index in [1.165, 1.54) is 0 Å². The first-order valence-electron chi connectivity index (χ1n) is 12.0. The minimum absolute atomic E-state index is 0.151. The second kappa shape index (κ2) is 12.9. The van der Waals surface area contributed by atoms with E-state index in [4.69, 9.17) is 46.4 Å². The van der Waals surface area contributed by atoms with Crippen LogP contribution in [0.1, 0.15) is 11.1 Å². The number of benzene rings is 2. The van der Waals surface area contributed by atoms with Gasteiger partial charge in [-0.2, -0.15) is 0 Å². The van der Waals surface area contributed by atoms with Crippen LogP contribution >= 0.6 is 78.3 Å². The summed E-state index contributed by atoms with van der Waals surface area (Å²) in [6.45, 7) is 0. The third kappa shape index (κ3) is 8.48. The number of rotatable bonds is 8. The highest BCUT2D eigenvalue weighted by molar-refractivity contribution is 9.10. The summed E-state index contributed by atoms with van der Waals surface area (Å²) >= 11 is 33.5. The first-order valence-corrected chi connectivity index (χ1v) is 16.9. The summed E-state index contributed by atoms with van der Waals surface area (Å²) in [5.41, 5.74) is 1.94. The number of hydrogen-bond donors (Lipinski definition) is 0. The highest BCUT2D eigenvalue weighted by atomic mass is 79.9. The molecular formula is C30H24Br2Cl4O2S. The molecule has 2 aromatic carbocycles. The highest BCUT2D eigenvalue weighted by Crippen LogP contribution is 2.37. The molecule has 0 bridgehead atoms. The summed E-state index contributed by atoms with van der Waals surface area (Å²) < 4.78 is 28.1. The number of alkyl halides is 2. The first kappa shape index (κ1) is 30.9. The zero-order valence-electron chi connectivity index (χ0n) is 20.5. The molecule has 0 spiro atoms. The minimum Gasteiger partial charge on any atom is -0.229 e. The summed E-state index contributed by atoms with van der Waals surface area (Å²) in [6, 6.07) is 15.5. The molecule has 4 unspecified atom stereocenters. The predicted molar refractivity (Wildman–Crippen MR) is 175 cm³/mol. The van der Waals surface area contributed by atoms with Gasteiger partial charge in [-0.25, -0.2) is 8.42 Å². The SMILES string of the molecule is O=S(=O)(CC1C=CC(Cl)(/C=C/c2ccccc2Br)C=C1Cl)CC1C=CC(Cl)(/C=C/c2ccccc2Br)C=C1Cl. The standard InChI is InChI=1S/C30H24Br2Cl4O2S/c31-25-7-3-1-5-21(25)9-13-29(35)15-11-23(27(33)17-29)19-39(37,38)20-24-12-16-30(36,18-28(24)34)14-10-22-6-2-4-8-26(22)32/h1-18,23-24H,19-20H2/b13-9+,14-10+. The Hall–Kier alpha value is -1.05. The monoisotopic (exact) mass is 746 g/mol. The largest absolute Gasteiger partial charge is 0.229 e. The second-order valence-electron chi connectivity index (χ2n) is 9.43. The Balaban J connectivity index is 1.40. The molecule has 4 atom stereocenters. The molecule has 0 aromatic heterocycles. The van der Waals surface area contributed by atoms with Gasteiger partial charge in [0.15, 0.2) is 9.84 Å². The maximum absolute atomic E-state index is 13.1. The van der Waals surface area contributed by atoms with Crippen LogP contribution in [0.5, 0.6) is 0 Å². The van der Waals surface area contributed by atoms with Gasteiger partial charge in [0, 0.05) is 30.8 Å². The zero-order chi connectivity index (χ0) is 28.3. The smallest absolute Gasteiger partial charge is 0.152 e. The van der Waals surface area contributed by atoms with Gasteiger partial charge in [-0.15, -0.1) is 23.2 Å². The second-order valence-corrected chi connectivity index (χ2v) is 15.5. The van der Waals surface area contributed by atoms with Gasteiger partial charge in [-0.3, -0.25) is 0 Å². The van der Waals surface area contributed by atoms with E-state index in [9.17, 15) is 8.42 Å². The summed E-state index contributed by atoms with van der Waals surface area (Å²) in [4.78, 5) is -1.89. The Labute approximate surface area is 266 Å². The van der Waals surface area contributed by atoms with Crippen molar-refractivity contribution in [1.82, 2.24) is 0 Å². The fourth-order valence-corrected chi connectivity index (χ4v) is 8.30. The molecular weight excluding hydrogens is 726 g/mol. The Morgan fingerprint density at radius 3 is 1.46 bits per heavy atom. The fraction of sp³-hybridized carbons (Fsp3) is 0.200. The van der Waals surface area contributed by atoms with E-state index in [2.05, 4.69) is 31.9 Å². The number of hydrogen-bond acceptors (Lipinski definition) is 2. The number of allylic oxidation sites excluding steroid dienone is 10. The van der Waals surface area contributed by atoms with E-state index in [0.717, 1.165) is 20.1 Å². The summed E-state index contributed by atoms with van der Waals surface area (Å²) in [5.74, 6) is -1.28. The van der Waals surface area contributed by atoms with Crippen LogP contribution in [0.4, 0.5) is 0 Å². The topological polar surface area (TPSA) is 34.1 Å². The molecule has 204 valence electrons. The Morgan fingerprint density at radius 1 is 0.718 bits per heavy atom. The summed E-state index contributed by atoms with van der Waals surface area (Å²) in [6.07, 6.45) is 17.8. The Kier molecular flexibility index (Phi) is 10.2. The highest BCUT2D eigenvalue weighted by Gasteiger charge is 2.32. The van der Waals surface area contributed by atoms with Gasteiger partial charge in [-0.1, -0.05) is 140 Å². The van der Waals surface area contributed by atoms with Crippen LogP contribution in [0.3, 0.4) is 0 Å². The van der Waals surface area contributed by atoms with Gasteiger partial charge in [0.05, 0.1) is 11.5 Å². The van der Waals surface area contributed by atoms with Gasteiger partial charge in [0.25, 0.3) is 0 Å². The molecule has 0 fully saturated rings. The van der Waals surface area contributed by atoms with Gasteiger partial charge >= 0.3 is 0 Å². The molecule has 0 radical (unpaired) electrons. The third-order valence-corrected chi connectivity index (χ3v) is 11.0. The van der Waals surface area contributed by atoms with E-state index in [0.29, 0.717) is 10.1 Å². The van der Waals surface area contributed by atoms with E-state index in [1.807, 2.05) is 72.8 Å². The van der Waals surface area contributed by atoms with E-state index < -0.39 is 31.4 Å².